The molecule has 36 valence electrons. The molecule has 2 nitrogen and oxygen atoms in total. The van der Waals surface area contributed by atoms with E-state index in [2.05, 4.69) is 6.58 Å². The van der Waals surface area contributed by atoms with Gasteiger partial charge in [0.25, 0.3) is 0 Å². The van der Waals surface area contributed by atoms with Crippen molar-refractivity contribution in [2.45, 2.75) is 0 Å². The summed E-state index contributed by atoms with van der Waals surface area (Å²) in [7, 11) is 0. The molecule has 0 bridgehead atoms. The fourth-order valence-electron chi connectivity index (χ4n) is 0.113. The molecule has 0 saturated heterocycles. The zero-order valence-corrected chi connectivity index (χ0v) is 3.28. The Balaban J connectivity index is 2.81. The molecule has 6 heavy (non-hydrogen) atoms. The highest BCUT2D eigenvalue weighted by Crippen LogP contribution is 1.46. The number of halogens is 1. The molecule has 0 aliphatic rings. The minimum absolute atomic E-state index is 0.167. The van der Waals surface area contributed by atoms with Crippen molar-refractivity contribution < 1.29 is 9.77 Å². The van der Waals surface area contributed by atoms with Gasteiger partial charge in [-0.25, -0.2) is 0 Å². The first-order chi connectivity index (χ1) is 2.77. The van der Waals surface area contributed by atoms with E-state index in [0.29, 0.717) is 0 Å². The van der Waals surface area contributed by atoms with Crippen LogP contribution < -0.4 is 5.29 Å². The zero-order valence-electron chi connectivity index (χ0n) is 3.28. The Labute approximate surface area is 35.4 Å². The lowest BCUT2D eigenvalue weighted by molar-refractivity contribution is -0.990. The van der Waals surface area contributed by atoms with Gasteiger partial charge in [0.2, 0.25) is 0 Å². The summed E-state index contributed by atoms with van der Waals surface area (Å²) in [5.74, 6) is 0. The Morgan fingerprint density at radius 3 is 2.50 bits per heavy atom. The second kappa shape index (κ2) is 2.81. The minimum atomic E-state index is -1.33. The van der Waals surface area contributed by atoms with E-state index in [1.54, 1.807) is 0 Å². The number of rotatable bonds is 2. The highest BCUT2D eigenvalue weighted by molar-refractivity contribution is 4.61. The van der Waals surface area contributed by atoms with Crippen LogP contribution in [0.2, 0.25) is 0 Å². The Morgan fingerprint density at radius 1 is 2.00 bits per heavy atom. The van der Waals surface area contributed by atoms with Crippen LogP contribution in [-0.4, -0.2) is 6.54 Å². The van der Waals surface area contributed by atoms with Gasteiger partial charge in [-0.3, -0.25) is 0 Å². The fraction of sp³-hybridized carbons (Fsp3) is 0.333. The molecule has 0 aromatic carbocycles. The summed E-state index contributed by atoms with van der Waals surface area (Å²) in [4.78, 5) is 0. The van der Waals surface area contributed by atoms with Crippen LogP contribution in [0.5, 0.6) is 0 Å². The van der Waals surface area contributed by atoms with E-state index in [4.69, 9.17) is 0 Å². The molecule has 1 atom stereocenters. The van der Waals surface area contributed by atoms with Crippen molar-refractivity contribution in [3.05, 3.63) is 17.9 Å². The lowest BCUT2D eigenvalue weighted by Crippen LogP contribution is -2.98. The molecule has 1 unspecified atom stereocenters. The number of nitrogens with one attached hydrogen (secondary N) is 1. The minimum Gasteiger partial charge on any atom is -0.594 e. The molecule has 3 heteroatoms. The summed E-state index contributed by atoms with van der Waals surface area (Å²) >= 11 is 0. The molecule has 1 N–H and O–H groups in total. The van der Waals surface area contributed by atoms with E-state index < -0.39 is 5.29 Å². The molecular weight excluding hydrogens is 85.0 g/mol. The summed E-state index contributed by atoms with van der Waals surface area (Å²) in [6.07, 6.45) is 1.22. The molecule has 0 heterocycles. The van der Waals surface area contributed by atoms with Gasteiger partial charge >= 0.3 is 0 Å². The van der Waals surface area contributed by atoms with Gasteiger partial charge in [-0.1, -0.05) is 6.58 Å². The van der Waals surface area contributed by atoms with Crippen LogP contribution in [-0.2, 0) is 0 Å². The zero-order chi connectivity index (χ0) is 4.99. The maximum Gasteiger partial charge on any atom is 0.131 e. The Morgan fingerprint density at radius 2 is 2.50 bits per heavy atom. The van der Waals surface area contributed by atoms with Crippen molar-refractivity contribution >= 4 is 0 Å². The van der Waals surface area contributed by atoms with Crippen LogP contribution >= 0.6 is 0 Å². The largest absolute Gasteiger partial charge is 0.594 e. The van der Waals surface area contributed by atoms with Gasteiger partial charge in [0, 0.05) is 0 Å². The van der Waals surface area contributed by atoms with Crippen molar-refractivity contribution in [3.63, 3.8) is 0 Å². The van der Waals surface area contributed by atoms with Gasteiger partial charge in [0.15, 0.2) is 0 Å². The van der Waals surface area contributed by atoms with Gasteiger partial charge in [0.1, 0.15) is 6.54 Å². The lowest BCUT2D eigenvalue weighted by atomic mass is 10.7. The first-order valence-corrected chi connectivity index (χ1v) is 1.56. The highest BCUT2D eigenvalue weighted by atomic mass is 19.2. The van der Waals surface area contributed by atoms with Crippen LogP contribution in [0.25, 0.3) is 0 Å². The van der Waals surface area contributed by atoms with E-state index in [1.807, 2.05) is 0 Å². The van der Waals surface area contributed by atoms with Crippen molar-refractivity contribution in [2.75, 3.05) is 6.54 Å². The van der Waals surface area contributed by atoms with Gasteiger partial charge < -0.3 is 5.21 Å². The second-order valence-corrected chi connectivity index (χ2v) is 0.848. The standard InChI is InChI=1S/C3H6FNO/c1-2-3-5(4)6/h2,5H,1,3H2. The molecule has 0 saturated carbocycles. The topological polar surface area (TPSA) is 27.5 Å². The van der Waals surface area contributed by atoms with Gasteiger partial charge in [-0.15, -0.1) is 0 Å². The maximum absolute atomic E-state index is 11.0. The number of hydrogen-bond acceptors (Lipinski definition) is 1. The molecule has 0 spiro atoms. The van der Waals surface area contributed by atoms with Crippen LogP contribution in [0, 0.1) is 5.21 Å². The van der Waals surface area contributed by atoms with E-state index in [-0.39, 0.29) is 6.54 Å². The number of hydroxylamine groups is 1. The Bertz CT molecular complexity index is 46.1. The summed E-state index contributed by atoms with van der Waals surface area (Å²) in [6.45, 7) is 2.97. The monoisotopic (exact) mass is 91.0 g/mol. The normalized spacial score (nSPS) is 13.7. The smallest absolute Gasteiger partial charge is 0.131 e. The molecule has 0 aliphatic carbocycles. The molecule has 0 amide bonds. The third-order valence-electron chi connectivity index (χ3n) is 0.305. The molecule has 0 radical (unpaired) electrons. The predicted molar refractivity (Wildman–Crippen MR) is 20.5 cm³/mol. The third kappa shape index (κ3) is 3.59. The molecule has 0 rings (SSSR count). The Kier molecular flexibility index (Phi) is 2.62. The van der Waals surface area contributed by atoms with E-state index in [0.717, 1.165) is 0 Å². The van der Waals surface area contributed by atoms with E-state index >= 15 is 0 Å². The van der Waals surface area contributed by atoms with Gasteiger partial charge in [-0.2, -0.15) is 5.29 Å². The van der Waals surface area contributed by atoms with Gasteiger partial charge in [-0.05, 0) is 10.6 Å². The van der Waals surface area contributed by atoms with Crippen molar-refractivity contribution in [3.8, 4) is 0 Å². The average molecular weight is 91.1 g/mol. The lowest BCUT2D eigenvalue weighted by Gasteiger charge is -2.01. The highest BCUT2D eigenvalue weighted by Gasteiger charge is 1.79. The van der Waals surface area contributed by atoms with E-state index in [9.17, 15) is 9.69 Å². The van der Waals surface area contributed by atoms with Crippen LogP contribution in [0.15, 0.2) is 12.7 Å². The molecular formula is C3H6FNO. The van der Waals surface area contributed by atoms with E-state index in [1.165, 1.54) is 6.08 Å². The quantitative estimate of drug-likeness (QED) is 0.275. The van der Waals surface area contributed by atoms with Crippen molar-refractivity contribution in [1.82, 2.24) is 0 Å². The van der Waals surface area contributed by atoms with Crippen molar-refractivity contribution in [2.24, 2.45) is 0 Å². The third-order valence-corrected chi connectivity index (χ3v) is 0.305. The van der Waals surface area contributed by atoms with Crippen molar-refractivity contribution in [1.29, 1.82) is 0 Å². The number of hydrogen-bond donors (Lipinski definition) is 1. The SMILES string of the molecule is C=CC[NH+]([O-])F. The first kappa shape index (κ1) is 5.59. The summed E-state index contributed by atoms with van der Waals surface area (Å²) in [5, 5.41) is 7.98. The summed E-state index contributed by atoms with van der Waals surface area (Å²) in [6, 6.07) is 0. The maximum atomic E-state index is 11.0. The molecule has 0 fully saturated rings. The average Bonchev–Trinajstić information content (AvgIpc) is 1.35. The summed E-state index contributed by atoms with van der Waals surface area (Å²) in [5.41, 5.74) is 0. The molecule has 0 aromatic rings. The Hall–Kier alpha value is -0.410. The van der Waals surface area contributed by atoms with Crippen LogP contribution in [0.3, 0.4) is 0 Å². The number of quaternary nitrogens is 1. The molecule has 0 aliphatic heterocycles. The first-order valence-electron chi connectivity index (χ1n) is 1.56. The van der Waals surface area contributed by atoms with Gasteiger partial charge in [0.05, 0.1) is 0 Å². The second-order valence-electron chi connectivity index (χ2n) is 0.848. The van der Waals surface area contributed by atoms with Crippen LogP contribution in [0.4, 0.5) is 4.48 Å². The predicted octanol–water partition coefficient (Wildman–Crippen LogP) is -0.560. The molecule has 0 aromatic heterocycles. The summed E-state index contributed by atoms with van der Waals surface area (Å²) < 4.78 is 11.0. The fourth-order valence-corrected chi connectivity index (χ4v) is 0.113. The van der Waals surface area contributed by atoms with Crippen LogP contribution in [0.1, 0.15) is 0 Å².